The quantitative estimate of drug-likeness (QED) is 0.754. The summed E-state index contributed by atoms with van der Waals surface area (Å²) in [6.45, 7) is 3.68. The lowest BCUT2D eigenvalue weighted by Gasteiger charge is -2.33. The summed E-state index contributed by atoms with van der Waals surface area (Å²) in [5, 5.41) is 0. The van der Waals surface area contributed by atoms with Gasteiger partial charge in [-0.3, -0.25) is 4.90 Å². The third-order valence-corrected chi connectivity index (χ3v) is 5.17. The molecule has 22 heavy (non-hydrogen) atoms. The minimum atomic E-state index is -2.23. The SMILES string of the molecule is [2H]C([2H])([2H])C1N(c2ccccc2C)[C@@H](C)C2c3ccccc3C([2H])(C)N21. The number of nitrogens with zero attached hydrogens (tertiary/aromatic N) is 2. The van der Waals surface area contributed by atoms with Crippen LogP contribution in [0.15, 0.2) is 48.5 Å². The van der Waals surface area contributed by atoms with Crippen molar-refractivity contribution < 1.29 is 5.48 Å². The predicted octanol–water partition coefficient (Wildman–Crippen LogP) is 4.67. The summed E-state index contributed by atoms with van der Waals surface area (Å²) in [5.74, 6) is 0. The van der Waals surface area contributed by atoms with Crippen LogP contribution in [0, 0.1) is 6.92 Å². The van der Waals surface area contributed by atoms with Gasteiger partial charge in [-0.25, -0.2) is 0 Å². The maximum Gasteiger partial charge on any atom is 0.0806 e. The Balaban J connectivity index is 1.94. The molecule has 1 saturated heterocycles. The Kier molecular flexibility index (Phi) is 2.22. The van der Waals surface area contributed by atoms with E-state index in [0.717, 1.165) is 22.4 Å². The van der Waals surface area contributed by atoms with Gasteiger partial charge >= 0.3 is 0 Å². The average Bonchev–Trinajstić information content (AvgIpc) is 3.00. The molecule has 0 radical (unpaired) electrons. The first-order valence-electron chi connectivity index (χ1n) is 9.87. The van der Waals surface area contributed by atoms with Crippen LogP contribution in [0.2, 0.25) is 0 Å². The maximum absolute atomic E-state index is 9.05. The lowest BCUT2D eigenvalue weighted by atomic mass is 9.98. The van der Waals surface area contributed by atoms with Gasteiger partial charge < -0.3 is 4.90 Å². The fraction of sp³-hybridized carbons (Fsp3) is 0.400. The van der Waals surface area contributed by atoms with E-state index in [0.29, 0.717) is 0 Å². The van der Waals surface area contributed by atoms with Gasteiger partial charge in [-0.2, -0.15) is 0 Å². The molecule has 0 N–H and O–H groups in total. The molecule has 1 fully saturated rings. The molecule has 4 rings (SSSR count). The molecule has 0 bridgehead atoms. The first-order valence-corrected chi connectivity index (χ1v) is 7.87. The summed E-state index contributed by atoms with van der Waals surface area (Å²) in [6.07, 6.45) is -0.835. The highest BCUT2D eigenvalue weighted by molar-refractivity contribution is 5.57. The Bertz CT molecular complexity index is 846. The van der Waals surface area contributed by atoms with Crippen molar-refractivity contribution in [1.82, 2.24) is 4.90 Å². The van der Waals surface area contributed by atoms with Gasteiger partial charge in [-0.1, -0.05) is 42.5 Å². The summed E-state index contributed by atoms with van der Waals surface area (Å²) >= 11 is 0. The van der Waals surface area contributed by atoms with E-state index in [1.807, 2.05) is 72.2 Å². The summed E-state index contributed by atoms with van der Waals surface area (Å²) in [4.78, 5) is 3.90. The summed E-state index contributed by atoms with van der Waals surface area (Å²) in [7, 11) is 0. The van der Waals surface area contributed by atoms with E-state index in [1.54, 1.807) is 0 Å². The van der Waals surface area contributed by atoms with Gasteiger partial charge in [0.05, 0.1) is 13.6 Å². The Morgan fingerprint density at radius 1 is 1.00 bits per heavy atom. The number of rotatable bonds is 1. The molecule has 4 atom stereocenters. The second-order valence-corrected chi connectivity index (χ2v) is 6.33. The van der Waals surface area contributed by atoms with Crippen LogP contribution < -0.4 is 4.90 Å². The van der Waals surface area contributed by atoms with E-state index in [2.05, 4.69) is 6.92 Å². The van der Waals surface area contributed by atoms with Crippen LogP contribution in [0.25, 0.3) is 0 Å². The Morgan fingerprint density at radius 3 is 2.41 bits per heavy atom. The number of fused-ring (bicyclic) bond motifs is 3. The van der Waals surface area contributed by atoms with E-state index in [4.69, 9.17) is 5.48 Å². The molecule has 0 amide bonds. The summed E-state index contributed by atoms with van der Waals surface area (Å²) < 4.78 is 33.9. The van der Waals surface area contributed by atoms with Gasteiger partial charge in [-0.15, -0.1) is 0 Å². The van der Waals surface area contributed by atoms with Crippen molar-refractivity contribution in [1.29, 1.82) is 0 Å². The molecule has 0 saturated carbocycles. The number of para-hydroxylation sites is 1. The molecule has 2 aromatic rings. The normalized spacial score (nSPS) is 37.0. The smallest absolute Gasteiger partial charge is 0.0806 e. The van der Waals surface area contributed by atoms with Gasteiger partial charge in [0.1, 0.15) is 0 Å². The molecule has 2 nitrogen and oxygen atoms in total. The largest absolute Gasteiger partial charge is 0.351 e. The van der Waals surface area contributed by atoms with Gasteiger partial charge in [0.15, 0.2) is 0 Å². The van der Waals surface area contributed by atoms with Crippen LogP contribution in [-0.2, 0) is 0 Å². The van der Waals surface area contributed by atoms with E-state index >= 15 is 0 Å². The van der Waals surface area contributed by atoms with E-state index < -0.39 is 19.0 Å². The van der Waals surface area contributed by atoms with E-state index in [1.165, 1.54) is 0 Å². The zero-order valence-corrected chi connectivity index (χ0v) is 13.2. The van der Waals surface area contributed by atoms with Gasteiger partial charge in [0.25, 0.3) is 0 Å². The lowest BCUT2D eigenvalue weighted by Crippen LogP contribution is -2.38. The van der Waals surface area contributed by atoms with Crippen molar-refractivity contribution in [3.8, 4) is 0 Å². The Labute approximate surface area is 139 Å². The molecule has 2 aliphatic heterocycles. The fourth-order valence-corrected chi connectivity index (χ4v) is 4.12. The van der Waals surface area contributed by atoms with Crippen molar-refractivity contribution in [3.63, 3.8) is 0 Å². The second kappa shape index (κ2) is 4.85. The lowest BCUT2D eigenvalue weighted by molar-refractivity contribution is 0.172. The molecule has 2 aliphatic rings. The first kappa shape index (κ1) is 10.1. The number of aryl methyl sites for hydroxylation is 1. The van der Waals surface area contributed by atoms with E-state index in [-0.39, 0.29) is 12.1 Å². The zero-order chi connectivity index (χ0) is 18.9. The molecule has 0 aromatic heterocycles. The molecule has 2 heteroatoms. The van der Waals surface area contributed by atoms with Crippen LogP contribution in [0.1, 0.15) is 54.9 Å². The zero-order valence-electron chi connectivity index (χ0n) is 17.2. The van der Waals surface area contributed by atoms with Crippen molar-refractivity contribution in [2.24, 2.45) is 0 Å². The van der Waals surface area contributed by atoms with Crippen molar-refractivity contribution in [2.45, 2.75) is 51.9 Å². The van der Waals surface area contributed by atoms with Crippen LogP contribution >= 0.6 is 0 Å². The van der Waals surface area contributed by atoms with Crippen molar-refractivity contribution in [3.05, 3.63) is 65.2 Å². The highest BCUT2D eigenvalue weighted by Crippen LogP contribution is 2.52. The monoisotopic (exact) mass is 296 g/mol. The van der Waals surface area contributed by atoms with Crippen LogP contribution in [-0.4, -0.2) is 17.1 Å². The molecule has 2 aromatic carbocycles. The predicted molar refractivity (Wildman–Crippen MR) is 92.0 cm³/mol. The first-order chi connectivity index (χ1) is 12.2. The molecular weight excluding hydrogens is 268 g/mol. The van der Waals surface area contributed by atoms with Crippen LogP contribution in [0.5, 0.6) is 0 Å². The summed E-state index contributed by atoms with van der Waals surface area (Å²) in [6, 6.07) is 14.6. The molecule has 3 unspecified atom stereocenters. The Hall–Kier alpha value is -1.80. The second-order valence-electron chi connectivity index (χ2n) is 6.33. The van der Waals surface area contributed by atoms with Gasteiger partial charge in [0, 0.05) is 21.9 Å². The van der Waals surface area contributed by atoms with Crippen LogP contribution in [0.4, 0.5) is 5.69 Å². The van der Waals surface area contributed by atoms with Gasteiger partial charge in [0.2, 0.25) is 0 Å². The number of hydrogen-bond donors (Lipinski definition) is 0. The summed E-state index contributed by atoms with van der Waals surface area (Å²) in [5.41, 5.74) is 3.97. The third kappa shape index (κ3) is 1.70. The van der Waals surface area contributed by atoms with Crippen molar-refractivity contribution in [2.75, 3.05) is 4.90 Å². The van der Waals surface area contributed by atoms with Crippen LogP contribution in [0.3, 0.4) is 0 Å². The number of benzene rings is 2. The number of anilines is 1. The van der Waals surface area contributed by atoms with Crippen molar-refractivity contribution >= 4 is 5.69 Å². The highest BCUT2D eigenvalue weighted by atomic mass is 15.5. The fourth-order valence-electron chi connectivity index (χ4n) is 4.12. The molecule has 0 aliphatic carbocycles. The topological polar surface area (TPSA) is 6.48 Å². The molecule has 0 spiro atoms. The molecule has 2 heterocycles. The molecular formula is C20H24N2. The minimum absolute atomic E-state index is 0.0464. The Morgan fingerprint density at radius 2 is 1.68 bits per heavy atom. The average molecular weight is 296 g/mol. The maximum atomic E-state index is 9.05. The molecule has 114 valence electrons. The highest BCUT2D eigenvalue weighted by Gasteiger charge is 2.50. The van der Waals surface area contributed by atoms with Gasteiger partial charge in [-0.05, 0) is 50.4 Å². The standard InChI is InChI=1S/C20H24N2/c1-13-9-5-8-12-19(13)21-15(3)20-18-11-7-6-10-17(18)14(2)22(20)16(21)4/h5-12,14-16,20H,1-4H3/t14?,15-,16?,20?/m0/s1/i4D3,14D. The minimum Gasteiger partial charge on any atom is -0.351 e. The third-order valence-electron chi connectivity index (χ3n) is 5.17. The number of hydrogen-bond acceptors (Lipinski definition) is 2. The van der Waals surface area contributed by atoms with E-state index in [9.17, 15) is 0 Å².